The predicted molar refractivity (Wildman–Crippen MR) is 57.0 cm³/mol. The first-order valence-electron chi connectivity index (χ1n) is 4.85. The number of hydrogen-bond acceptors (Lipinski definition) is 2. The maximum Gasteiger partial charge on any atom is 0.267 e. The lowest BCUT2D eigenvalue weighted by Crippen LogP contribution is -2.28. The Balaban J connectivity index is 2.43. The lowest BCUT2D eigenvalue weighted by atomic mass is 10.1. The molecule has 14 heavy (non-hydrogen) atoms. The van der Waals surface area contributed by atoms with Gasteiger partial charge in [0.05, 0.1) is 0 Å². The van der Waals surface area contributed by atoms with Gasteiger partial charge in [0.15, 0.2) is 0 Å². The first-order valence-corrected chi connectivity index (χ1v) is 4.85. The zero-order valence-electron chi connectivity index (χ0n) is 8.63. The minimum absolute atomic E-state index is 0.0954. The van der Waals surface area contributed by atoms with E-state index in [0.717, 1.165) is 6.42 Å². The summed E-state index contributed by atoms with van der Waals surface area (Å²) in [6, 6.07) is 1.63. The van der Waals surface area contributed by atoms with Gasteiger partial charge < -0.3 is 16.0 Å². The van der Waals surface area contributed by atoms with E-state index in [-0.39, 0.29) is 5.91 Å². The fourth-order valence-corrected chi connectivity index (χ4v) is 1.05. The van der Waals surface area contributed by atoms with E-state index in [1.54, 1.807) is 12.3 Å². The monoisotopic (exact) mass is 195 g/mol. The fraction of sp³-hybridized carbons (Fsp3) is 0.500. The van der Waals surface area contributed by atoms with Gasteiger partial charge in [0.1, 0.15) is 5.69 Å². The second-order valence-corrected chi connectivity index (χ2v) is 3.57. The predicted octanol–water partition coefficient (Wildman–Crippen LogP) is 1.37. The van der Waals surface area contributed by atoms with Crippen molar-refractivity contribution in [3.05, 3.63) is 18.0 Å². The average molecular weight is 195 g/mol. The van der Waals surface area contributed by atoms with Crippen LogP contribution in [0.25, 0.3) is 0 Å². The maximum absolute atomic E-state index is 11.5. The van der Waals surface area contributed by atoms with E-state index in [2.05, 4.69) is 24.1 Å². The van der Waals surface area contributed by atoms with E-state index in [1.165, 1.54) is 0 Å². The number of hydrogen-bond donors (Lipinski definition) is 3. The molecule has 4 heteroatoms. The molecule has 0 saturated heterocycles. The molecule has 0 spiro atoms. The van der Waals surface area contributed by atoms with Crippen LogP contribution < -0.4 is 11.1 Å². The molecule has 1 amide bonds. The van der Waals surface area contributed by atoms with Crippen LogP contribution in [-0.4, -0.2) is 17.4 Å². The van der Waals surface area contributed by atoms with Gasteiger partial charge in [-0.3, -0.25) is 4.79 Å². The molecule has 78 valence electrons. The number of carbonyl (C=O) groups excluding carboxylic acids is 1. The molecule has 1 aromatic rings. The third-order valence-electron chi connectivity index (χ3n) is 2.26. The summed E-state index contributed by atoms with van der Waals surface area (Å²) >= 11 is 0. The van der Waals surface area contributed by atoms with E-state index in [0.29, 0.717) is 23.8 Å². The molecule has 0 radical (unpaired) electrons. The van der Waals surface area contributed by atoms with Crippen molar-refractivity contribution in [2.75, 3.05) is 12.3 Å². The number of rotatable bonds is 4. The number of H-pyrrole nitrogens is 1. The summed E-state index contributed by atoms with van der Waals surface area (Å²) in [6.45, 7) is 4.90. The van der Waals surface area contributed by atoms with Crippen LogP contribution in [0.3, 0.4) is 0 Å². The third-order valence-corrected chi connectivity index (χ3v) is 2.26. The number of aromatic amines is 1. The fourth-order valence-electron chi connectivity index (χ4n) is 1.05. The third kappa shape index (κ3) is 2.80. The molecular formula is C10H17N3O. The molecule has 0 saturated carbocycles. The first-order chi connectivity index (χ1) is 6.63. The molecule has 0 aliphatic carbocycles. The van der Waals surface area contributed by atoms with Crippen LogP contribution in [0.2, 0.25) is 0 Å². The number of nitrogen functional groups attached to an aromatic ring is 1. The highest BCUT2D eigenvalue weighted by Crippen LogP contribution is 2.04. The molecule has 1 atom stereocenters. The van der Waals surface area contributed by atoms with Gasteiger partial charge in [-0.2, -0.15) is 0 Å². The smallest absolute Gasteiger partial charge is 0.267 e. The van der Waals surface area contributed by atoms with Crippen molar-refractivity contribution < 1.29 is 4.79 Å². The van der Waals surface area contributed by atoms with E-state index in [1.807, 2.05) is 0 Å². The first kappa shape index (κ1) is 10.6. The normalized spacial score (nSPS) is 12.4. The standard InChI is InChI=1S/C10H17N3O/c1-3-7(2)5-13-10(14)9-4-8(11)6-12-9/h4,6-7,12H,3,5,11H2,1-2H3,(H,13,14). The summed E-state index contributed by atoms with van der Waals surface area (Å²) in [5, 5.41) is 2.84. The Morgan fingerprint density at radius 2 is 2.43 bits per heavy atom. The van der Waals surface area contributed by atoms with Crippen molar-refractivity contribution in [2.45, 2.75) is 20.3 Å². The minimum atomic E-state index is -0.0954. The van der Waals surface area contributed by atoms with E-state index in [4.69, 9.17) is 5.73 Å². The second kappa shape index (κ2) is 4.69. The molecule has 1 aromatic heterocycles. The lowest BCUT2D eigenvalue weighted by Gasteiger charge is -2.08. The molecule has 1 rings (SSSR count). The Kier molecular flexibility index (Phi) is 3.56. The summed E-state index contributed by atoms with van der Waals surface area (Å²) in [5.74, 6) is 0.410. The molecule has 0 aliphatic rings. The van der Waals surface area contributed by atoms with Gasteiger partial charge in [-0.05, 0) is 12.0 Å². The van der Waals surface area contributed by atoms with Gasteiger partial charge in [-0.15, -0.1) is 0 Å². The molecule has 0 bridgehead atoms. The summed E-state index contributed by atoms with van der Waals surface area (Å²) in [4.78, 5) is 14.3. The summed E-state index contributed by atoms with van der Waals surface area (Å²) in [6.07, 6.45) is 2.67. The van der Waals surface area contributed by atoms with E-state index < -0.39 is 0 Å². The highest BCUT2D eigenvalue weighted by Gasteiger charge is 2.07. The topological polar surface area (TPSA) is 70.9 Å². The van der Waals surface area contributed by atoms with Crippen LogP contribution in [-0.2, 0) is 0 Å². The van der Waals surface area contributed by atoms with Crippen molar-refractivity contribution in [3.63, 3.8) is 0 Å². The van der Waals surface area contributed by atoms with Crippen molar-refractivity contribution in [2.24, 2.45) is 5.92 Å². The van der Waals surface area contributed by atoms with Gasteiger partial charge in [0.2, 0.25) is 0 Å². The van der Waals surface area contributed by atoms with Gasteiger partial charge >= 0.3 is 0 Å². The molecule has 0 aliphatic heterocycles. The average Bonchev–Trinajstić information content (AvgIpc) is 2.60. The van der Waals surface area contributed by atoms with Gasteiger partial charge in [0.25, 0.3) is 5.91 Å². The summed E-state index contributed by atoms with van der Waals surface area (Å²) in [7, 11) is 0. The number of aromatic nitrogens is 1. The molecule has 4 N–H and O–H groups in total. The molecule has 0 fully saturated rings. The van der Waals surface area contributed by atoms with Gasteiger partial charge in [-0.1, -0.05) is 20.3 Å². The Labute approximate surface area is 83.9 Å². The number of anilines is 1. The van der Waals surface area contributed by atoms with Crippen LogP contribution >= 0.6 is 0 Å². The van der Waals surface area contributed by atoms with Gasteiger partial charge in [-0.25, -0.2) is 0 Å². The van der Waals surface area contributed by atoms with Crippen LogP contribution in [0, 0.1) is 5.92 Å². The quantitative estimate of drug-likeness (QED) is 0.679. The SMILES string of the molecule is CCC(C)CNC(=O)c1cc(N)c[nH]1. The Morgan fingerprint density at radius 1 is 1.71 bits per heavy atom. The van der Waals surface area contributed by atoms with E-state index >= 15 is 0 Å². The largest absolute Gasteiger partial charge is 0.397 e. The van der Waals surface area contributed by atoms with Crippen LogP contribution in [0.1, 0.15) is 30.8 Å². The number of amides is 1. The zero-order valence-corrected chi connectivity index (χ0v) is 8.63. The van der Waals surface area contributed by atoms with Crippen molar-refractivity contribution >= 4 is 11.6 Å². The van der Waals surface area contributed by atoms with Crippen LogP contribution in [0.5, 0.6) is 0 Å². The van der Waals surface area contributed by atoms with Crippen molar-refractivity contribution in [1.29, 1.82) is 0 Å². The van der Waals surface area contributed by atoms with Gasteiger partial charge in [0, 0.05) is 18.4 Å². The second-order valence-electron chi connectivity index (χ2n) is 3.57. The van der Waals surface area contributed by atoms with Crippen LogP contribution in [0.4, 0.5) is 5.69 Å². The summed E-state index contributed by atoms with van der Waals surface area (Å²) < 4.78 is 0. The molecule has 1 unspecified atom stereocenters. The highest BCUT2D eigenvalue weighted by atomic mass is 16.1. The van der Waals surface area contributed by atoms with Crippen molar-refractivity contribution in [3.8, 4) is 0 Å². The number of nitrogens with one attached hydrogen (secondary N) is 2. The lowest BCUT2D eigenvalue weighted by molar-refractivity contribution is 0.0943. The van der Waals surface area contributed by atoms with Crippen molar-refractivity contribution in [1.82, 2.24) is 10.3 Å². The summed E-state index contributed by atoms with van der Waals surface area (Å²) in [5.41, 5.74) is 6.59. The highest BCUT2D eigenvalue weighted by molar-refractivity contribution is 5.93. The molecule has 4 nitrogen and oxygen atoms in total. The minimum Gasteiger partial charge on any atom is -0.397 e. The number of carbonyl (C=O) groups is 1. The Morgan fingerprint density at radius 3 is 2.93 bits per heavy atom. The molecule has 1 heterocycles. The zero-order chi connectivity index (χ0) is 10.6. The Bertz CT molecular complexity index is 306. The molecular weight excluding hydrogens is 178 g/mol. The van der Waals surface area contributed by atoms with E-state index in [9.17, 15) is 4.79 Å². The maximum atomic E-state index is 11.5. The molecule has 0 aromatic carbocycles. The van der Waals surface area contributed by atoms with Crippen LogP contribution in [0.15, 0.2) is 12.3 Å². The Hall–Kier alpha value is -1.45. The number of nitrogens with two attached hydrogens (primary N) is 1.